The monoisotopic (exact) mass is 327 g/mol. The molecule has 1 aliphatic heterocycles. The van der Waals surface area contributed by atoms with Gasteiger partial charge in [0.2, 0.25) is 5.91 Å². The molecule has 122 valence electrons. The minimum absolute atomic E-state index is 0.0317. The maximum atomic E-state index is 12.0. The second-order valence-electron chi connectivity index (χ2n) is 5.25. The van der Waals surface area contributed by atoms with E-state index < -0.39 is 15.9 Å². The van der Waals surface area contributed by atoms with Crippen molar-refractivity contribution in [2.45, 2.75) is 25.4 Å². The Morgan fingerprint density at radius 1 is 1.32 bits per heavy atom. The number of hydrazine groups is 1. The van der Waals surface area contributed by atoms with Crippen molar-refractivity contribution in [3.05, 3.63) is 29.8 Å². The Morgan fingerprint density at radius 3 is 2.64 bits per heavy atom. The number of benzene rings is 1. The summed E-state index contributed by atoms with van der Waals surface area (Å²) in [6, 6.07) is 6.34. The number of amides is 1. The second-order valence-corrected chi connectivity index (χ2v) is 7.72. The number of rotatable bonds is 6. The standard InChI is InChI=1S/C14H21N3O4S/c1-2-22(20,21)8-7-15-14(19)13-9-12(16-17-13)10-3-5-11(18)6-4-10/h3-6,12-13,16-18H,2,7-9H2,1H3,(H,15,19). The Balaban J connectivity index is 1.82. The third kappa shape index (κ3) is 4.43. The molecule has 22 heavy (non-hydrogen) atoms. The lowest BCUT2D eigenvalue weighted by Crippen LogP contribution is -2.44. The van der Waals surface area contributed by atoms with Gasteiger partial charge in [0.05, 0.1) is 5.75 Å². The van der Waals surface area contributed by atoms with E-state index in [9.17, 15) is 18.3 Å². The van der Waals surface area contributed by atoms with E-state index in [1.54, 1.807) is 31.2 Å². The lowest BCUT2D eigenvalue weighted by atomic mass is 10.0. The van der Waals surface area contributed by atoms with Crippen molar-refractivity contribution >= 4 is 15.7 Å². The predicted molar refractivity (Wildman–Crippen MR) is 82.9 cm³/mol. The Morgan fingerprint density at radius 2 is 2.00 bits per heavy atom. The molecule has 1 saturated heterocycles. The molecule has 1 aliphatic rings. The van der Waals surface area contributed by atoms with Crippen LogP contribution in [-0.2, 0) is 14.6 Å². The molecule has 0 aromatic heterocycles. The first kappa shape index (κ1) is 16.7. The molecule has 7 nitrogen and oxygen atoms in total. The van der Waals surface area contributed by atoms with Gasteiger partial charge in [-0.3, -0.25) is 4.79 Å². The largest absolute Gasteiger partial charge is 0.508 e. The Bertz CT molecular complexity index is 615. The van der Waals surface area contributed by atoms with E-state index in [4.69, 9.17) is 0 Å². The van der Waals surface area contributed by atoms with Crippen LogP contribution in [0.15, 0.2) is 24.3 Å². The van der Waals surface area contributed by atoms with Gasteiger partial charge in [-0.25, -0.2) is 19.3 Å². The SMILES string of the molecule is CCS(=O)(=O)CCNC(=O)C1CC(c2ccc(O)cc2)NN1. The summed E-state index contributed by atoms with van der Waals surface area (Å²) in [5.74, 6) is 0.00689. The molecule has 8 heteroatoms. The van der Waals surface area contributed by atoms with Crippen molar-refractivity contribution in [3.8, 4) is 5.75 Å². The molecule has 1 amide bonds. The number of nitrogens with one attached hydrogen (secondary N) is 3. The van der Waals surface area contributed by atoms with Crippen LogP contribution in [0.2, 0.25) is 0 Å². The van der Waals surface area contributed by atoms with Gasteiger partial charge in [0, 0.05) is 18.3 Å². The van der Waals surface area contributed by atoms with Crippen molar-refractivity contribution in [1.82, 2.24) is 16.2 Å². The summed E-state index contributed by atoms with van der Waals surface area (Å²) in [6.45, 7) is 1.71. The molecule has 1 heterocycles. The number of sulfone groups is 1. The maximum absolute atomic E-state index is 12.0. The average molecular weight is 327 g/mol. The minimum atomic E-state index is -3.07. The molecule has 1 aromatic rings. The van der Waals surface area contributed by atoms with Gasteiger partial charge in [0.1, 0.15) is 11.8 Å². The van der Waals surface area contributed by atoms with Gasteiger partial charge in [-0.05, 0) is 24.1 Å². The minimum Gasteiger partial charge on any atom is -0.508 e. The molecule has 4 N–H and O–H groups in total. The molecule has 2 atom stereocenters. The van der Waals surface area contributed by atoms with Crippen LogP contribution in [-0.4, -0.2) is 43.5 Å². The first-order valence-corrected chi connectivity index (χ1v) is 9.01. The molecule has 0 aliphatic carbocycles. The smallest absolute Gasteiger partial charge is 0.238 e. The van der Waals surface area contributed by atoms with Gasteiger partial charge >= 0.3 is 0 Å². The zero-order valence-corrected chi connectivity index (χ0v) is 13.2. The van der Waals surface area contributed by atoms with E-state index in [-0.39, 0.29) is 35.7 Å². The van der Waals surface area contributed by atoms with Gasteiger partial charge in [-0.15, -0.1) is 0 Å². The van der Waals surface area contributed by atoms with Crippen molar-refractivity contribution in [1.29, 1.82) is 0 Å². The highest BCUT2D eigenvalue weighted by Crippen LogP contribution is 2.23. The van der Waals surface area contributed by atoms with Gasteiger partial charge in [0.25, 0.3) is 0 Å². The first-order chi connectivity index (χ1) is 10.4. The zero-order valence-electron chi connectivity index (χ0n) is 12.4. The lowest BCUT2D eigenvalue weighted by Gasteiger charge is -2.10. The summed E-state index contributed by atoms with van der Waals surface area (Å²) in [5.41, 5.74) is 6.90. The van der Waals surface area contributed by atoms with Crippen molar-refractivity contribution in [2.75, 3.05) is 18.1 Å². The lowest BCUT2D eigenvalue weighted by molar-refractivity contribution is -0.122. The highest BCUT2D eigenvalue weighted by molar-refractivity contribution is 7.91. The second kappa shape index (κ2) is 7.08. The van der Waals surface area contributed by atoms with Crippen molar-refractivity contribution < 1.29 is 18.3 Å². The fraction of sp³-hybridized carbons (Fsp3) is 0.500. The van der Waals surface area contributed by atoms with E-state index in [0.717, 1.165) is 5.56 Å². The van der Waals surface area contributed by atoms with Crippen LogP contribution in [0.3, 0.4) is 0 Å². The molecule has 2 rings (SSSR count). The quantitative estimate of drug-likeness (QED) is 0.579. The van der Waals surface area contributed by atoms with Crippen LogP contribution >= 0.6 is 0 Å². The van der Waals surface area contributed by atoms with Crippen molar-refractivity contribution in [3.63, 3.8) is 0 Å². The topological polar surface area (TPSA) is 108 Å². The molecule has 0 saturated carbocycles. The van der Waals surface area contributed by atoms with Crippen LogP contribution in [0.5, 0.6) is 5.75 Å². The summed E-state index contributed by atoms with van der Waals surface area (Å²) in [4.78, 5) is 12.0. The molecule has 0 bridgehead atoms. The molecular formula is C14H21N3O4S. The summed E-state index contributed by atoms with van der Waals surface area (Å²) < 4.78 is 22.7. The van der Waals surface area contributed by atoms with Gasteiger partial charge < -0.3 is 10.4 Å². The number of phenolic OH excluding ortho intramolecular Hbond substituents is 1. The Labute approximate surface area is 130 Å². The van der Waals surface area contributed by atoms with Crippen LogP contribution in [0.25, 0.3) is 0 Å². The Kier molecular flexibility index (Phi) is 5.38. The zero-order chi connectivity index (χ0) is 16.2. The molecule has 1 fully saturated rings. The van der Waals surface area contributed by atoms with Crippen LogP contribution < -0.4 is 16.2 Å². The predicted octanol–water partition coefficient (Wildman–Crippen LogP) is -0.149. The first-order valence-electron chi connectivity index (χ1n) is 7.19. The van der Waals surface area contributed by atoms with E-state index in [1.165, 1.54) is 0 Å². The number of carbonyl (C=O) groups excluding carboxylic acids is 1. The van der Waals surface area contributed by atoms with E-state index >= 15 is 0 Å². The highest BCUT2D eigenvalue weighted by Gasteiger charge is 2.30. The fourth-order valence-corrected chi connectivity index (χ4v) is 2.95. The number of phenols is 1. The van der Waals surface area contributed by atoms with E-state index in [0.29, 0.717) is 6.42 Å². The molecule has 0 radical (unpaired) electrons. The summed E-state index contributed by atoms with van der Waals surface area (Å²) in [7, 11) is -3.07. The fourth-order valence-electron chi connectivity index (χ4n) is 2.25. The highest BCUT2D eigenvalue weighted by atomic mass is 32.2. The number of hydrogen-bond donors (Lipinski definition) is 4. The summed E-state index contributed by atoms with van der Waals surface area (Å²) >= 11 is 0. The van der Waals surface area contributed by atoms with Gasteiger partial charge in [-0.1, -0.05) is 19.1 Å². The number of hydrogen-bond acceptors (Lipinski definition) is 6. The number of carbonyl (C=O) groups is 1. The van der Waals surface area contributed by atoms with Crippen LogP contribution in [0, 0.1) is 0 Å². The molecule has 0 spiro atoms. The van der Waals surface area contributed by atoms with Gasteiger partial charge in [0.15, 0.2) is 9.84 Å². The van der Waals surface area contributed by atoms with Gasteiger partial charge in [-0.2, -0.15) is 0 Å². The maximum Gasteiger partial charge on any atom is 0.238 e. The number of aromatic hydroxyl groups is 1. The van der Waals surface area contributed by atoms with E-state index in [2.05, 4.69) is 16.2 Å². The molecule has 2 unspecified atom stereocenters. The Hall–Kier alpha value is -1.64. The summed E-state index contributed by atoms with van der Waals surface area (Å²) in [6.07, 6.45) is 0.553. The third-order valence-electron chi connectivity index (χ3n) is 3.67. The average Bonchev–Trinajstić information content (AvgIpc) is 2.97. The summed E-state index contributed by atoms with van der Waals surface area (Å²) in [5, 5.41) is 11.9. The van der Waals surface area contributed by atoms with Crippen molar-refractivity contribution in [2.24, 2.45) is 0 Å². The van der Waals surface area contributed by atoms with Crippen LogP contribution in [0.4, 0.5) is 0 Å². The normalized spacial score (nSPS) is 21.7. The molecule has 1 aromatic carbocycles. The van der Waals surface area contributed by atoms with E-state index in [1.807, 2.05) is 0 Å². The third-order valence-corrected chi connectivity index (χ3v) is 5.37. The van der Waals surface area contributed by atoms with Crippen LogP contribution in [0.1, 0.15) is 24.9 Å². The molecular weight excluding hydrogens is 306 g/mol.